The maximum Gasteiger partial charge on any atom is 0.399 e. The number of hydrogen-bond donors (Lipinski definition) is 8. The van der Waals surface area contributed by atoms with Crippen molar-refractivity contribution in [2.24, 2.45) is 11.7 Å². The number of halogens is 2. The number of carbonyl (C=O) groups is 9. The van der Waals surface area contributed by atoms with E-state index in [9.17, 15) is 66.3 Å². The minimum absolute atomic E-state index is 0.0611. The van der Waals surface area contributed by atoms with Crippen LogP contribution in [-0.2, 0) is 62.2 Å². The number of carbonyl (C=O) groups excluding carboxylic acids is 9. The molecule has 4 fully saturated rings. The molecule has 9 rings (SSSR count). The van der Waals surface area contributed by atoms with Crippen LogP contribution in [0.3, 0.4) is 0 Å². The second-order valence-electron chi connectivity index (χ2n) is 24.1. The highest BCUT2D eigenvalue weighted by molar-refractivity contribution is 7.52. The SMILES string of the molecule is CC(C)(C)c1ccc(C[C@H](NC(=O)[C@H](CCC(N)=O)NC(=O)[C@@H]2CCCN2C(=O)[C@@H](NC(=O)c2cc3cc(C(F)(F)P(=O)(O)O)ccc3s2)C2CCCCC2)C(=O)N2CCN(CCNc3cccc4c3CN(C3CCC(=O)NC3=O)C4=O)CC2)cc1. The van der Waals surface area contributed by atoms with E-state index in [4.69, 9.17) is 5.73 Å². The average molecular weight is 1230 g/mol. The summed E-state index contributed by atoms with van der Waals surface area (Å²) >= 11 is 0.949. The Morgan fingerprint density at radius 3 is 2.20 bits per heavy atom. The van der Waals surface area contributed by atoms with E-state index < -0.39 is 84.5 Å². The lowest BCUT2D eigenvalue weighted by Crippen LogP contribution is -2.60. The molecule has 462 valence electrons. The molecule has 1 unspecified atom stereocenters. The van der Waals surface area contributed by atoms with E-state index in [1.165, 1.54) is 21.9 Å². The predicted octanol–water partition coefficient (Wildman–Crippen LogP) is 4.59. The number of alkyl halides is 2. The van der Waals surface area contributed by atoms with E-state index in [0.29, 0.717) is 68.8 Å². The van der Waals surface area contributed by atoms with Crippen molar-refractivity contribution in [2.45, 2.75) is 146 Å². The number of piperazine rings is 1. The molecule has 4 aromatic rings. The van der Waals surface area contributed by atoms with Crippen LogP contribution in [0.5, 0.6) is 0 Å². The summed E-state index contributed by atoms with van der Waals surface area (Å²) in [7, 11) is -5.87. The highest BCUT2D eigenvalue weighted by Gasteiger charge is 2.51. The molecule has 22 nitrogen and oxygen atoms in total. The highest BCUT2D eigenvalue weighted by atomic mass is 32.1. The summed E-state index contributed by atoms with van der Waals surface area (Å²) in [6.07, 6.45) is 4.25. The molecule has 1 saturated carbocycles. The van der Waals surface area contributed by atoms with Crippen molar-refractivity contribution < 1.29 is 66.3 Å². The number of primary amides is 1. The molecule has 5 heterocycles. The second kappa shape index (κ2) is 26.4. The minimum atomic E-state index is -5.87. The molecule has 0 spiro atoms. The van der Waals surface area contributed by atoms with Crippen LogP contribution >= 0.6 is 18.9 Å². The Morgan fingerprint density at radius 2 is 1.52 bits per heavy atom. The first-order valence-electron chi connectivity index (χ1n) is 29.4. The second-order valence-corrected chi connectivity index (χ2v) is 26.8. The zero-order valence-electron chi connectivity index (χ0n) is 48.4. The van der Waals surface area contributed by atoms with Crippen molar-refractivity contribution in [2.75, 3.05) is 51.1 Å². The number of likely N-dealkylation sites (tertiary alicyclic amines) is 1. The Bertz CT molecular complexity index is 3320. The molecule has 26 heteroatoms. The highest BCUT2D eigenvalue weighted by Crippen LogP contribution is 2.59. The van der Waals surface area contributed by atoms with E-state index in [1.54, 1.807) is 17.0 Å². The standard InChI is InChI=1S/C60H75F2N10O12PS/c1-59(2,3)38-16-14-35(15-17-38)31-44(57(80)70-29-27-69(28-30-70)26-24-64-42-12-7-11-40-41(42)34-72(56(40)79)46-20-23-50(74)67-54(46)77)66-52(75)43(19-22-49(63)73)65-53(76)45-13-8-25-71(45)58(81)51(36-9-5-4-6-10-36)68-55(78)48-33-37-32-39(18-21-47(37)86-48)60(61,62)85(82,83)84/h7,11-12,14-18,21,32-33,36,43-46,51,64H,4-6,8-10,13,19-20,22-31,34H2,1-3H3,(H2,63,73)(H,65,76)(H,66,75)(H,68,78)(H,67,74,77)(H2,82,83,84)/t43-,44-,45-,46?,51-/m0/s1. The third-order valence-corrected chi connectivity index (χ3v) is 19.3. The average Bonchev–Trinajstić information content (AvgIpc) is 2.68. The van der Waals surface area contributed by atoms with Crippen molar-refractivity contribution >= 4 is 87.9 Å². The summed E-state index contributed by atoms with van der Waals surface area (Å²) in [4.78, 5) is 148. The molecule has 1 aromatic heterocycles. The maximum atomic E-state index is 14.8. The van der Waals surface area contributed by atoms with E-state index in [2.05, 4.69) is 52.3 Å². The molecule has 1 aliphatic carbocycles. The monoisotopic (exact) mass is 1230 g/mol. The molecule has 9 N–H and O–H groups in total. The molecule has 86 heavy (non-hydrogen) atoms. The quantitative estimate of drug-likeness (QED) is 0.0418. The fourth-order valence-electron chi connectivity index (χ4n) is 12.2. The van der Waals surface area contributed by atoms with Gasteiger partial charge in [0.2, 0.25) is 41.4 Å². The summed E-state index contributed by atoms with van der Waals surface area (Å²) < 4.78 is 41.3. The van der Waals surface area contributed by atoms with Gasteiger partial charge in [-0.25, -0.2) is 0 Å². The normalized spacial score (nSPS) is 20.0. The Balaban J connectivity index is 0.860. The molecule has 0 radical (unpaired) electrons. The van der Waals surface area contributed by atoms with E-state index in [-0.39, 0.29) is 90.9 Å². The smallest absolute Gasteiger partial charge is 0.383 e. The summed E-state index contributed by atoms with van der Waals surface area (Å²) in [6, 6.07) is 12.1. The lowest BCUT2D eigenvalue weighted by Gasteiger charge is -2.37. The van der Waals surface area contributed by atoms with Crippen LogP contribution in [0, 0.1) is 5.92 Å². The molecule has 5 aliphatic rings. The fraction of sp³-hybridized carbons (Fsp3) is 0.517. The van der Waals surface area contributed by atoms with Crippen LogP contribution in [0.25, 0.3) is 10.1 Å². The number of benzene rings is 3. The Kier molecular flexibility index (Phi) is 19.5. The molecular formula is C60H75F2N10O12PS. The first kappa shape index (κ1) is 63.3. The van der Waals surface area contributed by atoms with Gasteiger partial charge in [0, 0.05) is 98.7 Å². The van der Waals surface area contributed by atoms with E-state index >= 15 is 0 Å². The Hall–Kier alpha value is -7.18. The number of rotatable bonds is 21. The number of fused-ring (bicyclic) bond motifs is 2. The van der Waals surface area contributed by atoms with Gasteiger partial charge in [-0.2, -0.15) is 8.78 Å². The van der Waals surface area contributed by atoms with Gasteiger partial charge in [-0.3, -0.25) is 57.9 Å². The number of piperidine rings is 1. The van der Waals surface area contributed by atoms with Gasteiger partial charge in [0.1, 0.15) is 30.2 Å². The van der Waals surface area contributed by atoms with Crippen LogP contribution in [0.1, 0.15) is 134 Å². The van der Waals surface area contributed by atoms with Crippen molar-refractivity contribution in [1.82, 2.24) is 40.9 Å². The number of nitrogens with one attached hydrogen (secondary N) is 5. The maximum absolute atomic E-state index is 14.8. The van der Waals surface area contributed by atoms with Gasteiger partial charge >= 0.3 is 13.3 Å². The summed E-state index contributed by atoms with van der Waals surface area (Å²) in [6.45, 7) is 9.36. The van der Waals surface area contributed by atoms with Gasteiger partial charge in [-0.15, -0.1) is 11.3 Å². The van der Waals surface area contributed by atoms with Gasteiger partial charge < -0.3 is 51.5 Å². The number of nitrogens with two attached hydrogens (primary N) is 1. The first-order chi connectivity index (χ1) is 40.8. The first-order valence-corrected chi connectivity index (χ1v) is 31.8. The van der Waals surface area contributed by atoms with Crippen LogP contribution in [-0.4, -0.2) is 159 Å². The van der Waals surface area contributed by atoms with Crippen molar-refractivity contribution in [3.8, 4) is 0 Å². The zero-order valence-corrected chi connectivity index (χ0v) is 50.1. The number of anilines is 1. The molecule has 3 aromatic carbocycles. The Labute approximate surface area is 500 Å². The number of imide groups is 1. The van der Waals surface area contributed by atoms with Crippen LogP contribution in [0.15, 0.2) is 66.7 Å². The molecule has 4 aliphatic heterocycles. The van der Waals surface area contributed by atoms with Gasteiger partial charge in [0.25, 0.3) is 11.8 Å². The van der Waals surface area contributed by atoms with Gasteiger partial charge in [0.15, 0.2) is 0 Å². The van der Waals surface area contributed by atoms with Crippen LogP contribution in [0.4, 0.5) is 14.5 Å². The third-order valence-electron chi connectivity index (χ3n) is 17.2. The lowest BCUT2D eigenvalue weighted by atomic mass is 9.83. The summed E-state index contributed by atoms with van der Waals surface area (Å²) in [5, 5.41) is 14.5. The number of amides is 9. The van der Waals surface area contributed by atoms with E-state index in [0.717, 1.165) is 65.1 Å². The molecule has 5 atom stereocenters. The van der Waals surface area contributed by atoms with Crippen molar-refractivity contribution in [3.05, 3.63) is 99.4 Å². The van der Waals surface area contributed by atoms with Crippen molar-refractivity contribution in [3.63, 3.8) is 0 Å². The van der Waals surface area contributed by atoms with Gasteiger partial charge in [0.05, 0.1) is 4.88 Å². The Morgan fingerprint density at radius 1 is 0.814 bits per heavy atom. The topological polar surface area (TPSA) is 310 Å². The third kappa shape index (κ3) is 14.4. The zero-order chi connectivity index (χ0) is 61.8. The minimum Gasteiger partial charge on any atom is -0.383 e. The summed E-state index contributed by atoms with van der Waals surface area (Å²) in [5.41, 5.74) is 3.88. The van der Waals surface area contributed by atoms with Gasteiger partial charge in [-0.05, 0) is 96.7 Å². The lowest BCUT2D eigenvalue weighted by molar-refractivity contribution is -0.142. The number of thiophene rings is 1. The molecule has 0 bridgehead atoms. The molecule has 3 saturated heterocycles. The van der Waals surface area contributed by atoms with Crippen molar-refractivity contribution in [1.29, 1.82) is 0 Å². The van der Waals surface area contributed by atoms with Crippen LogP contribution < -0.4 is 32.3 Å². The summed E-state index contributed by atoms with van der Waals surface area (Å²) in [5.74, 6) is -5.16. The molecular weight excluding hydrogens is 1150 g/mol. The number of nitrogens with zero attached hydrogens (tertiary/aromatic N) is 4. The largest absolute Gasteiger partial charge is 0.399 e. The van der Waals surface area contributed by atoms with Crippen LogP contribution in [0.2, 0.25) is 0 Å². The predicted molar refractivity (Wildman–Crippen MR) is 315 cm³/mol. The van der Waals surface area contributed by atoms with Gasteiger partial charge in [-0.1, -0.05) is 76.4 Å². The van der Waals surface area contributed by atoms with E-state index in [1.807, 2.05) is 30.3 Å². The number of hydrogen-bond acceptors (Lipinski definition) is 13. The molecule has 9 amide bonds. The fourth-order valence-corrected chi connectivity index (χ4v) is 13.7.